The van der Waals surface area contributed by atoms with Gasteiger partial charge in [-0.15, -0.1) is 0 Å². The fraction of sp³-hybridized carbons (Fsp3) is 0.348. The molecule has 0 fully saturated rings. The van der Waals surface area contributed by atoms with Gasteiger partial charge in [-0.1, -0.05) is 59.8 Å². The molecule has 0 saturated heterocycles. The highest BCUT2D eigenvalue weighted by atomic mass is 16.1. The van der Waals surface area contributed by atoms with Gasteiger partial charge in [-0.3, -0.25) is 4.79 Å². The van der Waals surface area contributed by atoms with Crippen LogP contribution < -0.4 is 11.1 Å². The predicted octanol–water partition coefficient (Wildman–Crippen LogP) is 6.99. The predicted molar refractivity (Wildman–Crippen MR) is 123 cm³/mol. The summed E-state index contributed by atoms with van der Waals surface area (Å²) < 4.78 is 0. The molecule has 2 rings (SSSR count). The number of nitrogens with two attached hydrogens (primary N) is 1. The summed E-state index contributed by atoms with van der Waals surface area (Å²) in [6.07, 6.45) is 3.71. The molecule has 0 bridgehead atoms. The molecule has 0 saturated carbocycles. The molecule has 0 atom stereocenters. The van der Waals surface area contributed by atoms with E-state index in [1.165, 1.54) is 0 Å². The quantitative estimate of drug-likeness (QED) is 0.507. The molecule has 150 valence electrons. The monoisotopic (exact) mass is 371 g/mol. The smallest absolute Gasteiger partial charge is 0.272 e. The Morgan fingerprint density at radius 3 is 2.00 bits per heavy atom. The first-order chi connectivity index (χ1) is 13.0. The van der Waals surface area contributed by atoms with Gasteiger partial charge in [0.05, 0.1) is 0 Å². The number of allylic oxidation sites excluding steroid dienone is 1. The second-order valence-corrected chi connectivity index (χ2v) is 5.05. The molecule has 1 aromatic heterocycles. The molecule has 1 heterocycles. The number of aromatic amines is 1. The van der Waals surface area contributed by atoms with Crippen LogP contribution in [0.5, 0.6) is 0 Å². The summed E-state index contributed by atoms with van der Waals surface area (Å²) in [4.78, 5) is 15.3. The first-order valence-corrected chi connectivity index (χ1v) is 9.67. The average Bonchev–Trinajstić information content (AvgIpc) is 3.10. The second-order valence-electron chi connectivity index (χ2n) is 5.05. The van der Waals surface area contributed by atoms with Crippen LogP contribution in [0.3, 0.4) is 0 Å². The van der Waals surface area contributed by atoms with Crippen LogP contribution in [0.4, 0.5) is 11.4 Å². The summed E-state index contributed by atoms with van der Waals surface area (Å²) in [5, 5.41) is 2.82. The third-order valence-electron chi connectivity index (χ3n) is 2.94. The Balaban J connectivity index is 0. The van der Waals surface area contributed by atoms with Crippen molar-refractivity contribution in [2.75, 3.05) is 11.1 Å². The molecule has 0 aliphatic carbocycles. The topological polar surface area (TPSA) is 70.9 Å². The van der Waals surface area contributed by atoms with Crippen LogP contribution in [0.25, 0.3) is 12.2 Å². The van der Waals surface area contributed by atoms with Crippen LogP contribution in [0, 0.1) is 0 Å². The number of rotatable bonds is 4. The standard InChI is InChI=1S/C17H19N3O.3C2H6/c1-4-15-12(9-11(2)3)10-16(20-15)17(21)19-14-7-5-13(18)6-8-14;3*1-2/h4-10,20H,1,18H2,2-3H3,(H,19,21);3*1-2H3. The number of carbonyl (C=O) groups excluding carboxylic acids is 1. The van der Waals surface area contributed by atoms with Gasteiger partial charge >= 0.3 is 0 Å². The van der Waals surface area contributed by atoms with Crippen molar-refractivity contribution in [3.05, 3.63) is 59.4 Å². The molecule has 0 unspecified atom stereocenters. The molecule has 1 amide bonds. The Morgan fingerprint density at radius 2 is 1.56 bits per heavy atom. The van der Waals surface area contributed by atoms with E-state index < -0.39 is 0 Å². The fourth-order valence-electron chi connectivity index (χ4n) is 1.97. The number of nitrogens with one attached hydrogen (secondary N) is 2. The van der Waals surface area contributed by atoms with Gasteiger partial charge in [-0.05, 0) is 50.3 Å². The average molecular weight is 372 g/mol. The van der Waals surface area contributed by atoms with E-state index in [0.29, 0.717) is 17.1 Å². The van der Waals surface area contributed by atoms with Gasteiger partial charge in [0.2, 0.25) is 0 Å². The SMILES string of the molecule is C=Cc1[nH]c(C(=O)Nc2ccc(N)cc2)cc1C=C(C)C.CC.CC.CC. The molecule has 1 aromatic carbocycles. The lowest BCUT2D eigenvalue weighted by atomic mass is 10.1. The third kappa shape index (κ3) is 9.50. The van der Waals surface area contributed by atoms with Gasteiger partial charge in [-0.2, -0.15) is 0 Å². The van der Waals surface area contributed by atoms with Gasteiger partial charge in [-0.25, -0.2) is 0 Å². The Hall–Kier alpha value is -2.75. The highest BCUT2D eigenvalue weighted by Crippen LogP contribution is 2.18. The van der Waals surface area contributed by atoms with Gasteiger partial charge < -0.3 is 16.0 Å². The molecular weight excluding hydrogens is 334 g/mol. The minimum Gasteiger partial charge on any atom is -0.399 e. The minimum atomic E-state index is -0.198. The number of H-pyrrole nitrogens is 1. The molecule has 0 radical (unpaired) electrons. The molecule has 2 aromatic rings. The molecular formula is C23H37N3O. The Morgan fingerprint density at radius 1 is 1.04 bits per heavy atom. The maximum absolute atomic E-state index is 12.2. The molecule has 0 aliphatic rings. The van der Waals surface area contributed by atoms with E-state index in [1.54, 1.807) is 30.3 Å². The Kier molecular flexibility index (Phi) is 15.2. The first kappa shape index (κ1) is 26.5. The Labute approximate surface area is 165 Å². The fourth-order valence-corrected chi connectivity index (χ4v) is 1.97. The summed E-state index contributed by atoms with van der Waals surface area (Å²) >= 11 is 0. The maximum atomic E-state index is 12.2. The number of benzene rings is 1. The largest absolute Gasteiger partial charge is 0.399 e. The maximum Gasteiger partial charge on any atom is 0.272 e. The number of hydrogen-bond donors (Lipinski definition) is 3. The zero-order valence-electron chi connectivity index (χ0n) is 18.2. The number of hydrogen-bond acceptors (Lipinski definition) is 2. The number of aromatic nitrogens is 1. The van der Waals surface area contributed by atoms with Gasteiger partial charge in [0.1, 0.15) is 5.69 Å². The number of carbonyl (C=O) groups is 1. The molecule has 4 heteroatoms. The van der Waals surface area contributed by atoms with E-state index >= 15 is 0 Å². The number of nitrogen functional groups attached to an aromatic ring is 1. The van der Waals surface area contributed by atoms with Gasteiger partial charge in [0, 0.05) is 22.6 Å². The van der Waals surface area contributed by atoms with Crippen molar-refractivity contribution in [2.24, 2.45) is 0 Å². The van der Waals surface area contributed by atoms with E-state index in [-0.39, 0.29) is 5.91 Å². The first-order valence-electron chi connectivity index (χ1n) is 9.67. The van der Waals surface area contributed by atoms with Crippen molar-refractivity contribution < 1.29 is 4.79 Å². The lowest BCUT2D eigenvalue weighted by Gasteiger charge is -2.03. The minimum absolute atomic E-state index is 0.198. The summed E-state index contributed by atoms with van der Waals surface area (Å²) in [5.41, 5.74) is 10.4. The van der Waals surface area contributed by atoms with Crippen LogP contribution >= 0.6 is 0 Å². The van der Waals surface area contributed by atoms with Crippen LogP contribution in [-0.4, -0.2) is 10.9 Å². The zero-order chi connectivity index (χ0) is 21.4. The molecule has 4 N–H and O–H groups in total. The molecule has 0 spiro atoms. The summed E-state index contributed by atoms with van der Waals surface area (Å²) in [5.74, 6) is -0.198. The van der Waals surface area contributed by atoms with Crippen molar-refractivity contribution >= 4 is 29.4 Å². The molecule has 27 heavy (non-hydrogen) atoms. The third-order valence-corrected chi connectivity index (χ3v) is 2.94. The molecule has 0 aliphatic heterocycles. The normalized spacial score (nSPS) is 8.44. The summed E-state index contributed by atoms with van der Waals surface area (Å²) in [6, 6.07) is 8.84. The highest BCUT2D eigenvalue weighted by molar-refractivity contribution is 6.03. The van der Waals surface area contributed by atoms with Gasteiger partial charge in [0.25, 0.3) is 5.91 Å². The van der Waals surface area contributed by atoms with Crippen LogP contribution in [0.2, 0.25) is 0 Å². The Bertz CT molecular complexity index is 691. The lowest BCUT2D eigenvalue weighted by molar-refractivity contribution is 0.102. The van der Waals surface area contributed by atoms with E-state index in [0.717, 1.165) is 16.8 Å². The van der Waals surface area contributed by atoms with Gasteiger partial charge in [0.15, 0.2) is 0 Å². The van der Waals surface area contributed by atoms with E-state index in [9.17, 15) is 4.79 Å². The summed E-state index contributed by atoms with van der Waals surface area (Å²) in [7, 11) is 0. The zero-order valence-corrected chi connectivity index (χ0v) is 18.2. The van der Waals surface area contributed by atoms with Crippen molar-refractivity contribution in [1.29, 1.82) is 0 Å². The second kappa shape index (κ2) is 15.5. The van der Waals surface area contributed by atoms with Crippen LogP contribution in [-0.2, 0) is 0 Å². The van der Waals surface area contributed by atoms with Crippen molar-refractivity contribution in [3.63, 3.8) is 0 Å². The molecule has 4 nitrogen and oxygen atoms in total. The van der Waals surface area contributed by atoms with Crippen LogP contribution in [0.1, 0.15) is 77.1 Å². The highest BCUT2D eigenvalue weighted by Gasteiger charge is 2.11. The number of anilines is 2. The van der Waals surface area contributed by atoms with E-state index in [4.69, 9.17) is 5.73 Å². The van der Waals surface area contributed by atoms with E-state index in [1.807, 2.05) is 67.5 Å². The van der Waals surface area contributed by atoms with Crippen molar-refractivity contribution in [3.8, 4) is 0 Å². The number of amides is 1. The van der Waals surface area contributed by atoms with E-state index in [2.05, 4.69) is 16.9 Å². The lowest BCUT2D eigenvalue weighted by Crippen LogP contribution is -2.12. The van der Waals surface area contributed by atoms with Crippen molar-refractivity contribution in [2.45, 2.75) is 55.4 Å². The van der Waals surface area contributed by atoms with Crippen LogP contribution in [0.15, 0.2) is 42.5 Å². The van der Waals surface area contributed by atoms with Crippen molar-refractivity contribution in [1.82, 2.24) is 4.98 Å². The summed E-state index contributed by atoms with van der Waals surface area (Å²) in [6.45, 7) is 19.8.